The molecule has 0 spiro atoms. The largest absolute Gasteiger partial charge is 0.321 e. The first-order chi connectivity index (χ1) is 15.7. The van der Waals surface area contributed by atoms with E-state index < -0.39 is 0 Å². The zero-order valence-electron chi connectivity index (χ0n) is 16.9. The molecule has 0 atom stereocenters. The molecule has 0 fully saturated rings. The second kappa shape index (κ2) is 7.03. The van der Waals surface area contributed by atoms with Gasteiger partial charge < -0.3 is 5.32 Å². The van der Waals surface area contributed by atoms with Crippen LogP contribution in [0.5, 0.6) is 0 Å². The summed E-state index contributed by atoms with van der Waals surface area (Å²) in [4.78, 5) is 31.1. The van der Waals surface area contributed by atoms with E-state index >= 15 is 0 Å². The predicted molar refractivity (Wildman–Crippen MR) is 128 cm³/mol. The summed E-state index contributed by atoms with van der Waals surface area (Å²) in [5.74, 6) is 0.199. The summed E-state index contributed by atoms with van der Waals surface area (Å²) in [6.45, 7) is 0. The van der Waals surface area contributed by atoms with Crippen LogP contribution in [-0.4, -0.2) is 15.5 Å². The van der Waals surface area contributed by atoms with Crippen molar-refractivity contribution < 1.29 is 4.79 Å². The minimum Gasteiger partial charge on any atom is -0.321 e. The topological polar surface area (TPSA) is 64.0 Å². The number of nitrogens with zero attached hydrogens (tertiary/aromatic N) is 2. The van der Waals surface area contributed by atoms with Crippen LogP contribution < -0.4 is 10.9 Å². The van der Waals surface area contributed by atoms with Crippen LogP contribution in [-0.2, 0) is 4.79 Å². The first kappa shape index (κ1) is 18.3. The van der Waals surface area contributed by atoms with Crippen molar-refractivity contribution in [3.05, 3.63) is 113 Å². The van der Waals surface area contributed by atoms with Crippen LogP contribution in [0.3, 0.4) is 0 Å². The second-order valence-corrected chi connectivity index (χ2v) is 7.72. The Bertz CT molecular complexity index is 1650. The predicted octanol–water partition coefficient (Wildman–Crippen LogP) is 5.03. The van der Waals surface area contributed by atoms with Gasteiger partial charge in [-0.05, 0) is 47.2 Å². The molecule has 5 aromatic rings. The van der Waals surface area contributed by atoms with Crippen LogP contribution in [0.4, 0.5) is 5.69 Å². The Kier molecular flexibility index (Phi) is 4.01. The quantitative estimate of drug-likeness (QED) is 0.411. The Morgan fingerprint density at radius 3 is 2.44 bits per heavy atom. The lowest BCUT2D eigenvalue weighted by molar-refractivity contribution is -0.110. The SMILES string of the molecule is O=C1Nc2ccccc2C1=Cc1nc2ccccc2c(=O)n1-c1ccc2ccccc2c1. The normalized spacial score (nSPS) is 14.1. The van der Waals surface area contributed by atoms with Crippen molar-refractivity contribution >= 4 is 44.9 Å². The van der Waals surface area contributed by atoms with Crippen molar-refractivity contribution in [3.8, 4) is 5.69 Å². The summed E-state index contributed by atoms with van der Waals surface area (Å²) in [5, 5.41) is 5.51. The summed E-state index contributed by atoms with van der Waals surface area (Å²) in [6.07, 6.45) is 1.70. The number of nitrogens with one attached hydrogen (secondary N) is 1. The van der Waals surface area contributed by atoms with E-state index in [-0.39, 0.29) is 11.5 Å². The molecule has 0 saturated carbocycles. The molecule has 4 aromatic carbocycles. The summed E-state index contributed by atoms with van der Waals surface area (Å²) in [6, 6.07) is 28.6. The second-order valence-electron chi connectivity index (χ2n) is 7.72. The lowest BCUT2D eigenvalue weighted by Crippen LogP contribution is -2.22. The Morgan fingerprint density at radius 1 is 0.781 bits per heavy atom. The molecule has 32 heavy (non-hydrogen) atoms. The van der Waals surface area contributed by atoms with E-state index in [4.69, 9.17) is 4.98 Å². The zero-order valence-corrected chi connectivity index (χ0v) is 16.9. The van der Waals surface area contributed by atoms with Gasteiger partial charge in [0, 0.05) is 11.3 Å². The molecule has 0 aliphatic carbocycles. The van der Waals surface area contributed by atoms with Crippen LogP contribution in [0, 0.1) is 0 Å². The van der Waals surface area contributed by atoms with Gasteiger partial charge in [0.15, 0.2) is 0 Å². The number of hydrogen-bond acceptors (Lipinski definition) is 3. The first-order valence-corrected chi connectivity index (χ1v) is 10.3. The molecule has 1 amide bonds. The van der Waals surface area contributed by atoms with Crippen LogP contribution in [0.15, 0.2) is 95.8 Å². The number of rotatable bonds is 2. The molecular weight excluding hydrogens is 398 g/mol. The lowest BCUT2D eigenvalue weighted by Gasteiger charge is -2.13. The molecule has 1 N–H and O–H groups in total. The molecule has 5 nitrogen and oxygen atoms in total. The van der Waals surface area contributed by atoms with E-state index in [1.165, 1.54) is 0 Å². The van der Waals surface area contributed by atoms with Crippen molar-refractivity contribution in [1.82, 2.24) is 9.55 Å². The molecule has 5 heteroatoms. The Labute approximate surface area is 183 Å². The maximum atomic E-state index is 13.6. The molecule has 6 rings (SSSR count). The highest BCUT2D eigenvalue weighted by Crippen LogP contribution is 2.33. The highest BCUT2D eigenvalue weighted by molar-refractivity contribution is 6.34. The van der Waals surface area contributed by atoms with Gasteiger partial charge in [0.2, 0.25) is 0 Å². The van der Waals surface area contributed by atoms with Crippen LogP contribution in [0.1, 0.15) is 11.4 Å². The van der Waals surface area contributed by atoms with E-state index in [0.29, 0.717) is 28.0 Å². The van der Waals surface area contributed by atoms with Crippen molar-refractivity contribution in [2.45, 2.75) is 0 Å². The van der Waals surface area contributed by atoms with Crippen LogP contribution in [0.25, 0.3) is 39.0 Å². The number of aromatic nitrogens is 2. The van der Waals surface area contributed by atoms with Gasteiger partial charge in [-0.3, -0.25) is 14.2 Å². The van der Waals surface area contributed by atoms with E-state index in [9.17, 15) is 9.59 Å². The van der Waals surface area contributed by atoms with Gasteiger partial charge >= 0.3 is 0 Å². The third-order valence-corrected chi connectivity index (χ3v) is 5.78. The third-order valence-electron chi connectivity index (χ3n) is 5.78. The van der Waals surface area contributed by atoms with Crippen LogP contribution in [0.2, 0.25) is 0 Å². The molecule has 0 saturated heterocycles. The standard InChI is InChI=1S/C27H17N3O2/c31-26-22(20-9-3-5-11-23(20)29-26)16-25-28-24-12-6-4-10-21(24)27(32)30(25)19-14-13-17-7-1-2-8-18(17)15-19/h1-16H,(H,29,31). The van der Waals surface area contributed by atoms with Crippen LogP contribution >= 0.6 is 0 Å². The Balaban J connectivity index is 1.66. The summed E-state index contributed by atoms with van der Waals surface area (Å²) in [7, 11) is 0. The molecule has 2 heterocycles. The fourth-order valence-electron chi connectivity index (χ4n) is 4.22. The molecule has 0 bridgehead atoms. The molecule has 1 aromatic heterocycles. The van der Waals surface area contributed by atoms with Gasteiger partial charge in [-0.15, -0.1) is 0 Å². The number of benzene rings is 4. The highest BCUT2D eigenvalue weighted by Gasteiger charge is 2.24. The summed E-state index contributed by atoms with van der Waals surface area (Å²) < 4.78 is 1.58. The van der Waals surface area contributed by atoms with Crippen molar-refractivity contribution in [3.63, 3.8) is 0 Å². The maximum absolute atomic E-state index is 13.6. The van der Waals surface area contributed by atoms with E-state index in [2.05, 4.69) is 5.32 Å². The Morgan fingerprint density at radius 2 is 1.53 bits per heavy atom. The Hall–Kier alpha value is -4.51. The van der Waals surface area contributed by atoms with E-state index in [1.807, 2.05) is 84.9 Å². The number of fused-ring (bicyclic) bond motifs is 3. The molecule has 1 aliphatic heterocycles. The van der Waals surface area contributed by atoms with Crippen molar-refractivity contribution in [2.75, 3.05) is 5.32 Å². The monoisotopic (exact) mass is 415 g/mol. The van der Waals surface area contributed by atoms with E-state index in [1.54, 1.807) is 16.7 Å². The van der Waals surface area contributed by atoms with Gasteiger partial charge in [0.1, 0.15) is 5.82 Å². The number of amides is 1. The molecule has 0 unspecified atom stereocenters. The minimum absolute atomic E-state index is 0.176. The molecule has 1 aliphatic rings. The van der Waals surface area contributed by atoms with Gasteiger partial charge in [0.25, 0.3) is 11.5 Å². The average Bonchev–Trinajstić information content (AvgIpc) is 3.14. The average molecular weight is 415 g/mol. The lowest BCUT2D eigenvalue weighted by atomic mass is 10.1. The first-order valence-electron chi connectivity index (χ1n) is 10.3. The smallest absolute Gasteiger partial charge is 0.266 e. The number of para-hydroxylation sites is 2. The minimum atomic E-state index is -0.210. The zero-order chi connectivity index (χ0) is 21.7. The molecular formula is C27H17N3O2. The van der Waals surface area contributed by atoms with E-state index in [0.717, 1.165) is 22.0 Å². The summed E-state index contributed by atoms with van der Waals surface area (Å²) in [5.41, 5.74) is 3.15. The number of hydrogen-bond donors (Lipinski definition) is 1. The number of carbonyl (C=O) groups excluding carboxylic acids is 1. The van der Waals surface area contributed by atoms with Gasteiger partial charge in [0.05, 0.1) is 22.2 Å². The number of carbonyl (C=O) groups is 1. The molecule has 0 radical (unpaired) electrons. The molecule has 152 valence electrons. The fourth-order valence-corrected chi connectivity index (χ4v) is 4.22. The van der Waals surface area contributed by atoms with Gasteiger partial charge in [-0.25, -0.2) is 4.98 Å². The third kappa shape index (κ3) is 2.83. The highest BCUT2D eigenvalue weighted by atomic mass is 16.2. The van der Waals surface area contributed by atoms with Gasteiger partial charge in [-0.2, -0.15) is 0 Å². The van der Waals surface area contributed by atoms with Crippen molar-refractivity contribution in [1.29, 1.82) is 0 Å². The maximum Gasteiger partial charge on any atom is 0.266 e. The van der Waals surface area contributed by atoms with Crippen molar-refractivity contribution in [2.24, 2.45) is 0 Å². The van der Waals surface area contributed by atoms with Gasteiger partial charge in [-0.1, -0.05) is 60.7 Å². The summed E-state index contributed by atoms with van der Waals surface area (Å²) >= 11 is 0. The fraction of sp³-hybridized carbons (Fsp3) is 0. The number of anilines is 1.